The van der Waals surface area contributed by atoms with Gasteiger partial charge in [-0.3, -0.25) is 9.59 Å². The number of carbonyl (C=O) groups is 2. The summed E-state index contributed by atoms with van der Waals surface area (Å²) in [5.41, 5.74) is -0.417. The van der Waals surface area contributed by atoms with Crippen LogP contribution in [0.1, 0.15) is 13.8 Å². The summed E-state index contributed by atoms with van der Waals surface area (Å²) in [6, 6.07) is 10.3. The lowest BCUT2D eigenvalue weighted by Crippen LogP contribution is -2.40. The molecule has 2 bridgehead atoms. The summed E-state index contributed by atoms with van der Waals surface area (Å²) < 4.78 is 5.95. The lowest BCUT2D eigenvalue weighted by atomic mass is 9.85. The number of carbonyl (C=O) groups excluding carboxylic acids is 2. The van der Waals surface area contributed by atoms with Crippen LogP contribution in [-0.2, 0) is 14.3 Å². The highest BCUT2D eigenvalue weighted by atomic mass is 16.5. The summed E-state index contributed by atoms with van der Waals surface area (Å²) in [5.74, 6) is -0.597. The average molecular weight is 333 g/mol. The third-order valence-electron chi connectivity index (χ3n) is 5.34. The number of phenols is 1. The monoisotopic (exact) mass is 333 g/mol. The van der Waals surface area contributed by atoms with E-state index in [0.29, 0.717) is 27.6 Å². The molecule has 2 aromatic rings. The lowest BCUT2D eigenvalue weighted by molar-refractivity contribution is -0.123. The number of hydrogen-bond acceptors (Lipinski definition) is 4. The molecule has 2 aromatic carbocycles. The fourth-order valence-corrected chi connectivity index (χ4v) is 4.23. The number of rotatable bonds is 1. The van der Waals surface area contributed by atoms with Gasteiger partial charge in [0, 0.05) is 10.8 Å². The number of fused-ring (bicyclic) bond motifs is 5. The maximum atomic E-state index is 13.1. The lowest BCUT2D eigenvalue weighted by Gasteiger charge is -2.27. The molecule has 0 aliphatic carbocycles. The van der Waals surface area contributed by atoms with Crippen LogP contribution in [-0.4, -0.2) is 28.1 Å². The normalized spacial score (nSPS) is 30.1. The third-order valence-corrected chi connectivity index (χ3v) is 5.34. The first-order chi connectivity index (χ1) is 11.9. The average Bonchev–Trinajstić information content (AvgIpc) is 3.13. The molecule has 5 heteroatoms. The molecule has 2 amide bonds. The Bertz CT molecular complexity index is 1030. The van der Waals surface area contributed by atoms with Crippen LogP contribution in [0.3, 0.4) is 0 Å². The van der Waals surface area contributed by atoms with E-state index in [1.54, 1.807) is 38.1 Å². The number of imide groups is 1. The first kappa shape index (κ1) is 14.4. The van der Waals surface area contributed by atoms with Gasteiger partial charge in [0.15, 0.2) is 0 Å². The smallest absolute Gasteiger partial charge is 0.265 e. The Labute approximate surface area is 143 Å². The van der Waals surface area contributed by atoms with E-state index in [1.165, 1.54) is 11.0 Å². The van der Waals surface area contributed by atoms with E-state index in [4.69, 9.17) is 4.74 Å². The molecule has 124 valence electrons. The van der Waals surface area contributed by atoms with Crippen LogP contribution in [0.5, 0.6) is 5.75 Å². The first-order valence-corrected chi connectivity index (χ1v) is 8.11. The number of anilines is 1. The first-order valence-electron chi connectivity index (χ1n) is 8.11. The molecule has 0 radical (unpaired) electrons. The van der Waals surface area contributed by atoms with Crippen molar-refractivity contribution < 1.29 is 19.4 Å². The standard InChI is InChI=1S/C20H15NO4/c1-19-9-10-20(2,25-19)16-15(19)17(23)21(18(16)24)13-7-8-14(22)12-6-4-3-5-11(12)13/h3-10,22H,1-2H3. The van der Waals surface area contributed by atoms with Crippen LogP contribution in [0.2, 0.25) is 0 Å². The highest BCUT2D eigenvalue weighted by molar-refractivity contribution is 6.36. The topological polar surface area (TPSA) is 66.8 Å². The van der Waals surface area contributed by atoms with Gasteiger partial charge in [0.2, 0.25) is 0 Å². The number of hydrogen-bond donors (Lipinski definition) is 1. The van der Waals surface area contributed by atoms with Gasteiger partial charge in [-0.15, -0.1) is 0 Å². The molecule has 25 heavy (non-hydrogen) atoms. The summed E-state index contributed by atoms with van der Waals surface area (Å²) in [5, 5.41) is 11.3. The molecule has 3 aliphatic rings. The molecule has 3 aliphatic heterocycles. The van der Waals surface area contributed by atoms with E-state index in [1.807, 2.05) is 18.2 Å². The van der Waals surface area contributed by atoms with E-state index < -0.39 is 11.2 Å². The van der Waals surface area contributed by atoms with Crippen LogP contribution >= 0.6 is 0 Å². The van der Waals surface area contributed by atoms with E-state index in [2.05, 4.69) is 0 Å². The Kier molecular flexibility index (Phi) is 2.41. The number of benzene rings is 2. The SMILES string of the molecule is CC12C=CC(C)(O1)C1=C2C(=O)N(c2ccc(O)c3ccccc23)C1=O. The van der Waals surface area contributed by atoms with Gasteiger partial charge in [-0.25, -0.2) is 4.90 Å². The van der Waals surface area contributed by atoms with Gasteiger partial charge >= 0.3 is 0 Å². The number of nitrogens with zero attached hydrogens (tertiary/aromatic N) is 1. The molecule has 2 atom stereocenters. The van der Waals surface area contributed by atoms with E-state index in [9.17, 15) is 14.7 Å². The second kappa shape index (κ2) is 4.18. The van der Waals surface area contributed by atoms with Crippen molar-refractivity contribution in [3.05, 3.63) is 59.7 Å². The van der Waals surface area contributed by atoms with Crippen molar-refractivity contribution in [2.75, 3.05) is 4.90 Å². The van der Waals surface area contributed by atoms with Gasteiger partial charge < -0.3 is 9.84 Å². The Morgan fingerprint density at radius 2 is 1.44 bits per heavy atom. The Hall–Kier alpha value is -2.92. The minimum absolute atomic E-state index is 0.114. The predicted octanol–water partition coefficient (Wildman–Crippen LogP) is 2.83. The largest absolute Gasteiger partial charge is 0.507 e. The molecule has 1 N–H and O–H groups in total. The minimum atomic E-state index is -0.863. The molecule has 0 fully saturated rings. The van der Waals surface area contributed by atoms with Crippen molar-refractivity contribution in [3.63, 3.8) is 0 Å². The van der Waals surface area contributed by atoms with E-state index in [-0.39, 0.29) is 17.6 Å². The zero-order valence-corrected chi connectivity index (χ0v) is 13.7. The van der Waals surface area contributed by atoms with Crippen molar-refractivity contribution in [1.29, 1.82) is 0 Å². The van der Waals surface area contributed by atoms with Crippen LogP contribution in [0.25, 0.3) is 10.8 Å². The Morgan fingerprint density at radius 3 is 2.04 bits per heavy atom. The Morgan fingerprint density at radius 1 is 0.880 bits per heavy atom. The Balaban J connectivity index is 1.72. The third kappa shape index (κ3) is 1.56. The number of phenolic OH excluding ortho intramolecular Hbond substituents is 1. The maximum absolute atomic E-state index is 13.1. The summed E-state index contributed by atoms with van der Waals surface area (Å²) in [6.07, 6.45) is 3.69. The number of aromatic hydroxyl groups is 1. The highest BCUT2D eigenvalue weighted by Crippen LogP contribution is 2.54. The molecular formula is C20H15NO4. The fourth-order valence-electron chi connectivity index (χ4n) is 4.23. The van der Waals surface area contributed by atoms with Gasteiger partial charge in [-0.2, -0.15) is 0 Å². The van der Waals surface area contributed by atoms with Crippen LogP contribution in [0.4, 0.5) is 5.69 Å². The van der Waals surface area contributed by atoms with Gasteiger partial charge in [0.05, 0.1) is 16.8 Å². The van der Waals surface area contributed by atoms with Crippen molar-refractivity contribution in [2.45, 2.75) is 25.0 Å². The van der Waals surface area contributed by atoms with Crippen LogP contribution in [0, 0.1) is 0 Å². The van der Waals surface area contributed by atoms with E-state index in [0.717, 1.165) is 0 Å². The quantitative estimate of drug-likeness (QED) is 0.644. The summed E-state index contributed by atoms with van der Waals surface area (Å²) in [7, 11) is 0. The van der Waals surface area contributed by atoms with Crippen LogP contribution < -0.4 is 4.90 Å². The number of ether oxygens (including phenoxy) is 1. The van der Waals surface area contributed by atoms with Crippen molar-refractivity contribution in [3.8, 4) is 5.75 Å². The molecule has 5 rings (SSSR count). The second-order valence-corrected chi connectivity index (χ2v) is 6.99. The molecule has 0 spiro atoms. The van der Waals surface area contributed by atoms with Gasteiger partial charge in [-0.1, -0.05) is 24.3 Å². The maximum Gasteiger partial charge on any atom is 0.265 e. The molecule has 0 aromatic heterocycles. The predicted molar refractivity (Wildman–Crippen MR) is 92.2 cm³/mol. The molecule has 0 saturated heterocycles. The number of amides is 2. The molecule has 3 heterocycles. The van der Waals surface area contributed by atoms with E-state index >= 15 is 0 Å². The van der Waals surface area contributed by atoms with Gasteiger partial charge in [-0.05, 0) is 38.1 Å². The van der Waals surface area contributed by atoms with Gasteiger partial charge in [0.25, 0.3) is 11.8 Å². The molecule has 0 saturated carbocycles. The molecule has 2 unspecified atom stereocenters. The van der Waals surface area contributed by atoms with Crippen molar-refractivity contribution in [1.82, 2.24) is 0 Å². The summed E-state index contributed by atoms with van der Waals surface area (Å²) in [6.45, 7) is 3.61. The molecule has 5 nitrogen and oxygen atoms in total. The van der Waals surface area contributed by atoms with Crippen molar-refractivity contribution in [2.24, 2.45) is 0 Å². The van der Waals surface area contributed by atoms with Crippen molar-refractivity contribution >= 4 is 28.3 Å². The molecular weight excluding hydrogens is 318 g/mol. The van der Waals surface area contributed by atoms with Gasteiger partial charge in [0.1, 0.15) is 17.0 Å². The minimum Gasteiger partial charge on any atom is -0.507 e. The zero-order chi connectivity index (χ0) is 17.6. The van der Waals surface area contributed by atoms with Crippen LogP contribution in [0.15, 0.2) is 59.7 Å². The zero-order valence-electron chi connectivity index (χ0n) is 13.7. The second-order valence-electron chi connectivity index (χ2n) is 6.99. The summed E-state index contributed by atoms with van der Waals surface area (Å²) in [4.78, 5) is 27.5. The fraction of sp³-hybridized carbons (Fsp3) is 0.200. The highest BCUT2D eigenvalue weighted by Gasteiger charge is 2.62. The summed E-state index contributed by atoms with van der Waals surface area (Å²) >= 11 is 0.